The van der Waals surface area contributed by atoms with Gasteiger partial charge in [-0.2, -0.15) is 5.10 Å². The summed E-state index contributed by atoms with van der Waals surface area (Å²) in [5.41, 5.74) is 7.23. The summed E-state index contributed by atoms with van der Waals surface area (Å²) in [6, 6.07) is 2.83. The third-order valence-corrected chi connectivity index (χ3v) is 2.55. The van der Waals surface area contributed by atoms with Gasteiger partial charge in [0.1, 0.15) is 16.4 Å². The monoisotopic (exact) mass is 236 g/mol. The largest absolute Gasteiger partial charge is 0.433 e. The molecule has 0 aliphatic heterocycles. The minimum Gasteiger partial charge on any atom is -0.399 e. The Balaban J connectivity index is 2.52. The van der Waals surface area contributed by atoms with Crippen molar-refractivity contribution in [2.75, 3.05) is 5.73 Å². The quantitative estimate of drug-likeness (QED) is 0.646. The highest BCUT2D eigenvalue weighted by molar-refractivity contribution is 5.64. The fourth-order valence-electron chi connectivity index (χ4n) is 1.68. The molecule has 7 heteroatoms. The van der Waals surface area contributed by atoms with Crippen molar-refractivity contribution in [1.29, 1.82) is 0 Å². The summed E-state index contributed by atoms with van der Waals surface area (Å²) in [6.07, 6.45) is 0.684. The number of nitrogens with zero attached hydrogens (tertiary/aromatic N) is 3. The molecule has 0 aliphatic rings. The molecule has 2 heterocycles. The minimum atomic E-state index is -0.582. The molecular weight excluding hydrogens is 224 g/mol. The lowest BCUT2D eigenvalue weighted by Crippen LogP contribution is -1.98. The Morgan fingerprint density at radius 2 is 2.29 bits per heavy atom. The Bertz CT molecular complexity index is 570. The van der Waals surface area contributed by atoms with Gasteiger partial charge in [-0.05, 0) is 12.5 Å². The van der Waals surface area contributed by atoms with E-state index >= 15 is 0 Å². The van der Waals surface area contributed by atoms with Gasteiger partial charge >= 0.3 is 5.88 Å². The van der Waals surface area contributed by atoms with Gasteiger partial charge in [0.25, 0.3) is 0 Å². The zero-order valence-electron chi connectivity index (χ0n) is 9.51. The van der Waals surface area contributed by atoms with Gasteiger partial charge in [0.2, 0.25) is 0 Å². The molecule has 7 nitrogen and oxygen atoms in total. The molecule has 0 fully saturated rings. The van der Waals surface area contributed by atoms with E-state index < -0.39 is 4.92 Å². The predicted molar refractivity (Wildman–Crippen MR) is 61.4 cm³/mol. The van der Waals surface area contributed by atoms with Crippen LogP contribution in [0.2, 0.25) is 0 Å². The van der Waals surface area contributed by atoms with E-state index in [1.165, 1.54) is 16.8 Å². The molecule has 0 aromatic carbocycles. The number of aromatic nitrogens is 2. The van der Waals surface area contributed by atoms with Crippen LogP contribution in [0.1, 0.15) is 12.5 Å². The number of nitrogen functional groups attached to an aromatic ring is 1. The molecule has 0 saturated heterocycles. The zero-order chi connectivity index (χ0) is 12.6. The molecule has 0 bridgehead atoms. The predicted octanol–water partition coefficient (Wildman–Crippen LogP) is 1.73. The van der Waals surface area contributed by atoms with Gasteiger partial charge in [-0.3, -0.25) is 14.8 Å². The second-order valence-electron chi connectivity index (χ2n) is 3.58. The lowest BCUT2D eigenvalue weighted by Gasteiger charge is -1.96. The van der Waals surface area contributed by atoms with Gasteiger partial charge in [0.15, 0.2) is 5.76 Å². The van der Waals surface area contributed by atoms with Gasteiger partial charge in [-0.1, -0.05) is 6.92 Å². The van der Waals surface area contributed by atoms with Gasteiger partial charge in [0.05, 0.1) is 6.07 Å². The Morgan fingerprint density at radius 3 is 2.82 bits per heavy atom. The highest BCUT2D eigenvalue weighted by Crippen LogP contribution is 2.30. The summed E-state index contributed by atoms with van der Waals surface area (Å²) in [4.78, 5) is 9.95. The summed E-state index contributed by atoms with van der Waals surface area (Å²) in [5, 5.41) is 14.7. The van der Waals surface area contributed by atoms with Gasteiger partial charge in [-0.15, -0.1) is 0 Å². The van der Waals surface area contributed by atoms with Crippen LogP contribution in [0.25, 0.3) is 11.5 Å². The maximum absolute atomic E-state index is 10.5. The van der Waals surface area contributed by atoms with Gasteiger partial charge < -0.3 is 10.2 Å². The van der Waals surface area contributed by atoms with Crippen LogP contribution in [0.5, 0.6) is 0 Å². The summed E-state index contributed by atoms with van der Waals surface area (Å²) >= 11 is 0. The zero-order valence-corrected chi connectivity index (χ0v) is 9.51. The molecule has 2 N–H and O–H groups in total. The Morgan fingerprint density at radius 1 is 1.59 bits per heavy atom. The van der Waals surface area contributed by atoms with Crippen LogP contribution in [-0.4, -0.2) is 14.7 Å². The fraction of sp³-hybridized carbons (Fsp3) is 0.300. The fourth-order valence-corrected chi connectivity index (χ4v) is 1.68. The second-order valence-corrected chi connectivity index (χ2v) is 3.58. The van der Waals surface area contributed by atoms with Crippen LogP contribution < -0.4 is 5.73 Å². The van der Waals surface area contributed by atoms with Crippen molar-refractivity contribution in [3.63, 3.8) is 0 Å². The van der Waals surface area contributed by atoms with Crippen molar-refractivity contribution < 1.29 is 9.34 Å². The molecule has 2 rings (SSSR count). The van der Waals surface area contributed by atoms with Gasteiger partial charge in [0, 0.05) is 12.6 Å². The number of hydrogen-bond acceptors (Lipinski definition) is 5. The third kappa shape index (κ3) is 1.75. The van der Waals surface area contributed by atoms with Crippen molar-refractivity contribution in [2.24, 2.45) is 7.05 Å². The third-order valence-electron chi connectivity index (χ3n) is 2.55. The Kier molecular flexibility index (Phi) is 2.58. The maximum atomic E-state index is 10.5. The first-order valence-corrected chi connectivity index (χ1v) is 5.10. The van der Waals surface area contributed by atoms with Crippen LogP contribution in [0.3, 0.4) is 0 Å². The highest BCUT2D eigenvalue weighted by atomic mass is 16.6. The number of anilines is 1. The smallest absolute Gasteiger partial charge is 0.399 e. The van der Waals surface area contributed by atoms with Crippen molar-refractivity contribution in [3.8, 4) is 11.5 Å². The standard InChI is InChI=1S/C10H12N4O3/c1-3-6-9(12-13(2)10(6)11)7-4-5-8(17-7)14(15)16/h4-5H,3,11H2,1-2H3. The summed E-state index contributed by atoms with van der Waals surface area (Å²) in [7, 11) is 1.72. The number of nitro groups is 1. The molecule has 0 amide bonds. The summed E-state index contributed by atoms with van der Waals surface area (Å²) in [5.74, 6) is 0.605. The van der Waals surface area contributed by atoms with Gasteiger partial charge in [-0.25, -0.2) is 0 Å². The van der Waals surface area contributed by atoms with E-state index in [-0.39, 0.29) is 5.88 Å². The molecule has 17 heavy (non-hydrogen) atoms. The Hall–Kier alpha value is -2.31. The molecule has 0 saturated carbocycles. The Labute approximate surface area is 97.0 Å². The number of aryl methyl sites for hydroxylation is 1. The highest BCUT2D eigenvalue weighted by Gasteiger charge is 2.20. The molecular formula is C10H12N4O3. The normalized spacial score (nSPS) is 10.7. The van der Waals surface area contributed by atoms with Crippen molar-refractivity contribution in [2.45, 2.75) is 13.3 Å². The number of furan rings is 1. The van der Waals surface area contributed by atoms with E-state index in [1.807, 2.05) is 6.92 Å². The average Bonchev–Trinajstić information content (AvgIpc) is 2.85. The average molecular weight is 236 g/mol. The SMILES string of the molecule is CCc1c(-c2ccc([N+](=O)[O-])o2)nn(C)c1N. The minimum absolute atomic E-state index is 0.300. The molecule has 2 aromatic heterocycles. The first-order valence-electron chi connectivity index (χ1n) is 5.10. The lowest BCUT2D eigenvalue weighted by molar-refractivity contribution is -0.401. The van der Waals surface area contributed by atoms with Crippen molar-refractivity contribution >= 4 is 11.7 Å². The number of nitrogens with two attached hydrogens (primary N) is 1. The molecule has 2 aromatic rings. The maximum Gasteiger partial charge on any atom is 0.433 e. The van der Waals surface area contributed by atoms with Crippen LogP contribution in [0.4, 0.5) is 11.7 Å². The van der Waals surface area contributed by atoms with E-state index in [2.05, 4.69) is 5.10 Å². The van der Waals surface area contributed by atoms with Crippen molar-refractivity contribution in [1.82, 2.24) is 9.78 Å². The van der Waals surface area contributed by atoms with Crippen molar-refractivity contribution in [3.05, 3.63) is 27.8 Å². The van der Waals surface area contributed by atoms with E-state index in [1.54, 1.807) is 7.05 Å². The molecule has 0 unspecified atom stereocenters. The molecule has 0 spiro atoms. The first-order chi connectivity index (χ1) is 8.04. The number of hydrogen-bond donors (Lipinski definition) is 1. The summed E-state index contributed by atoms with van der Waals surface area (Å²) in [6.45, 7) is 1.94. The summed E-state index contributed by atoms with van der Waals surface area (Å²) < 4.78 is 6.64. The lowest BCUT2D eigenvalue weighted by atomic mass is 10.1. The van der Waals surface area contributed by atoms with Crippen LogP contribution in [0.15, 0.2) is 16.5 Å². The molecule has 0 aliphatic carbocycles. The van der Waals surface area contributed by atoms with E-state index in [0.717, 1.165) is 5.56 Å². The van der Waals surface area contributed by atoms with E-state index in [4.69, 9.17) is 10.2 Å². The first kappa shape index (κ1) is 11.2. The van der Waals surface area contributed by atoms with E-state index in [9.17, 15) is 10.1 Å². The van der Waals surface area contributed by atoms with E-state index in [0.29, 0.717) is 23.7 Å². The van der Waals surface area contributed by atoms with Crippen LogP contribution in [0, 0.1) is 10.1 Å². The second kappa shape index (κ2) is 3.93. The van der Waals surface area contributed by atoms with Crippen LogP contribution >= 0.6 is 0 Å². The molecule has 90 valence electrons. The molecule has 0 radical (unpaired) electrons. The topological polar surface area (TPSA) is 100 Å². The van der Waals surface area contributed by atoms with Crippen LogP contribution in [-0.2, 0) is 13.5 Å². The molecule has 0 atom stereocenters. The number of rotatable bonds is 3.